The quantitative estimate of drug-likeness (QED) is 0.847. The van der Waals surface area contributed by atoms with Gasteiger partial charge in [-0.1, -0.05) is 31.2 Å². The van der Waals surface area contributed by atoms with Gasteiger partial charge in [0.15, 0.2) is 0 Å². The highest BCUT2D eigenvalue weighted by Gasteiger charge is 2.38. The van der Waals surface area contributed by atoms with Crippen molar-refractivity contribution in [2.45, 2.75) is 43.5 Å². The molecule has 0 radical (unpaired) electrons. The summed E-state index contributed by atoms with van der Waals surface area (Å²) in [5, 5.41) is 1.61. The molecule has 2 heterocycles. The van der Waals surface area contributed by atoms with Crippen molar-refractivity contribution < 1.29 is 13.2 Å². The summed E-state index contributed by atoms with van der Waals surface area (Å²) in [7, 11) is -3.67. The molecule has 0 N–H and O–H groups in total. The van der Waals surface area contributed by atoms with E-state index in [4.69, 9.17) is 0 Å². The van der Waals surface area contributed by atoms with Gasteiger partial charge >= 0.3 is 0 Å². The highest BCUT2D eigenvalue weighted by atomic mass is 32.2. The molecule has 2 aliphatic rings. The fourth-order valence-corrected chi connectivity index (χ4v) is 5.76. The van der Waals surface area contributed by atoms with E-state index >= 15 is 0 Å². The molecule has 2 aliphatic heterocycles. The van der Waals surface area contributed by atoms with Crippen molar-refractivity contribution in [1.82, 2.24) is 4.90 Å². The van der Waals surface area contributed by atoms with Gasteiger partial charge in [-0.25, -0.2) is 8.42 Å². The highest BCUT2D eigenvalue weighted by Crippen LogP contribution is 2.41. The van der Waals surface area contributed by atoms with Crippen LogP contribution in [0.1, 0.15) is 32.6 Å². The van der Waals surface area contributed by atoms with E-state index in [0.29, 0.717) is 10.6 Å². The van der Waals surface area contributed by atoms with Crippen LogP contribution in [0.2, 0.25) is 0 Å². The summed E-state index contributed by atoms with van der Waals surface area (Å²) in [5.41, 5.74) is 0.617. The van der Waals surface area contributed by atoms with E-state index < -0.39 is 10.0 Å². The number of carbonyl (C=O) groups excluding carboxylic acids is 1. The van der Waals surface area contributed by atoms with Crippen LogP contribution in [-0.2, 0) is 14.8 Å². The van der Waals surface area contributed by atoms with Crippen molar-refractivity contribution in [1.29, 1.82) is 0 Å². The molecule has 6 heteroatoms. The van der Waals surface area contributed by atoms with Gasteiger partial charge in [0.05, 0.1) is 10.6 Å². The van der Waals surface area contributed by atoms with E-state index in [2.05, 4.69) is 6.92 Å². The smallest absolute Gasteiger partial charge is 0.265 e. The highest BCUT2D eigenvalue weighted by molar-refractivity contribution is 7.93. The number of hydrogen-bond donors (Lipinski definition) is 0. The lowest BCUT2D eigenvalue weighted by molar-refractivity contribution is -0.133. The maximum absolute atomic E-state index is 13.0. The maximum atomic E-state index is 13.0. The van der Waals surface area contributed by atoms with E-state index in [-0.39, 0.29) is 18.5 Å². The normalized spacial score (nSPS) is 21.7. The van der Waals surface area contributed by atoms with E-state index in [9.17, 15) is 13.2 Å². The summed E-state index contributed by atoms with van der Waals surface area (Å²) in [6.45, 7) is 2.69. The van der Waals surface area contributed by atoms with E-state index in [1.54, 1.807) is 18.2 Å². The molecule has 1 unspecified atom stereocenters. The minimum absolute atomic E-state index is 0.0973. The fourth-order valence-electron chi connectivity index (χ4n) is 4.10. The topological polar surface area (TPSA) is 57.7 Å². The molecule has 0 saturated carbocycles. The Balaban J connectivity index is 1.70. The van der Waals surface area contributed by atoms with Crippen LogP contribution in [0.15, 0.2) is 41.3 Å². The van der Waals surface area contributed by atoms with E-state index in [0.717, 1.165) is 43.0 Å². The molecular formula is C19H22N2O3S. The third kappa shape index (κ3) is 2.51. The molecule has 0 spiro atoms. The number of likely N-dealkylation sites (tertiary alicyclic amines) is 1. The van der Waals surface area contributed by atoms with Gasteiger partial charge in [0.2, 0.25) is 5.91 Å². The summed E-state index contributed by atoms with van der Waals surface area (Å²) in [4.78, 5) is 15.1. The first-order valence-electron chi connectivity index (χ1n) is 8.88. The zero-order valence-electron chi connectivity index (χ0n) is 14.3. The number of sulfonamides is 1. The SMILES string of the molecule is CCC1CCCCN1C(=O)CN1c2cccc3cccc(c23)S1(=O)=O. The molecule has 4 rings (SSSR count). The van der Waals surface area contributed by atoms with Crippen LogP contribution in [-0.4, -0.2) is 38.4 Å². The van der Waals surface area contributed by atoms with E-state index in [1.807, 2.05) is 23.1 Å². The van der Waals surface area contributed by atoms with Crippen molar-refractivity contribution >= 4 is 32.4 Å². The number of carbonyl (C=O) groups is 1. The largest absolute Gasteiger partial charge is 0.338 e. The van der Waals surface area contributed by atoms with Crippen molar-refractivity contribution in [3.63, 3.8) is 0 Å². The molecule has 0 bridgehead atoms. The van der Waals surface area contributed by atoms with Crippen molar-refractivity contribution in [3.05, 3.63) is 36.4 Å². The Hall–Kier alpha value is -2.08. The molecule has 25 heavy (non-hydrogen) atoms. The van der Waals surface area contributed by atoms with Crippen LogP contribution in [0.5, 0.6) is 0 Å². The second-order valence-corrected chi connectivity index (χ2v) is 8.62. The van der Waals surface area contributed by atoms with Gasteiger partial charge in [0.1, 0.15) is 6.54 Å². The molecule has 1 saturated heterocycles. The Labute approximate surface area is 148 Å². The Morgan fingerprint density at radius 2 is 1.92 bits per heavy atom. The van der Waals surface area contributed by atoms with Crippen molar-refractivity contribution in [2.75, 3.05) is 17.4 Å². The minimum atomic E-state index is -3.67. The lowest BCUT2D eigenvalue weighted by atomic mass is 10.00. The predicted octanol–water partition coefficient (Wildman–Crippen LogP) is 3.14. The minimum Gasteiger partial charge on any atom is -0.338 e. The van der Waals surface area contributed by atoms with Gasteiger partial charge < -0.3 is 4.90 Å². The molecule has 1 amide bonds. The molecule has 0 aliphatic carbocycles. The monoisotopic (exact) mass is 358 g/mol. The number of nitrogens with zero attached hydrogens (tertiary/aromatic N) is 2. The number of piperidine rings is 1. The second-order valence-electron chi connectivity index (χ2n) is 6.79. The molecule has 132 valence electrons. The standard InChI is InChI=1S/C19H22N2O3S/c1-2-15-9-3-4-12-20(15)18(22)13-21-16-10-5-7-14-8-6-11-17(19(14)16)25(21,23)24/h5-8,10-11,15H,2-4,9,12-13H2,1H3. The van der Waals surface area contributed by atoms with Crippen LogP contribution in [0.25, 0.3) is 10.8 Å². The summed E-state index contributed by atoms with van der Waals surface area (Å²) in [6, 6.07) is 11.0. The number of hydrogen-bond acceptors (Lipinski definition) is 3. The lowest BCUT2D eigenvalue weighted by Crippen LogP contribution is -2.48. The zero-order valence-corrected chi connectivity index (χ0v) is 15.1. The van der Waals surface area contributed by atoms with Crippen LogP contribution in [0.4, 0.5) is 5.69 Å². The zero-order chi connectivity index (χ0) is 17.6. The second kappa shape index (κ2) is 6.02. The van der Waals surface area contributed by atoms with Crippen LogP contribution < -0.4 is 4.31 Å². The Morgan fingerprint density at radius 3 is 2.68 bits per heavy atom. The molecule has 0 aromatic heterocycles. The number of benzene rings is 2. The summed E-state index contributed by atoms with van der Waals surface area (Å²) < 4.78 is 27.3. The molecule has 2 aromatic rings. The van der Waals surface area contributed by atoms with Gasteiger partial charge in [-0.2, -0.15) is 0 Å². The van der Waals surface area contributed by atoms with Gasteiger partial charge in [-0.15, -0.1) is 0 Å². The van der Waals surface area contributed by atoms with Gasteiger partial charge in [-0.3, -0.25) is 9.10 Å². The van der Waals surface area contributed by atoms with Gasteiger partial charge in [-0.05, 0) is 43.2 Å². The molecule has 1 fully saturated rings. The lowest BCUT2D eigenvalue weighted by Gasteiger charge is -2.36. The van der Waals surface area contributed by atoms with Crippen LogP contribution >= 0.6 is 0 Å². The average Bonchev–Trinajstić information content (AvgIpc) is 2.85. The number of rotatable bonds is 3. The first kappa shape index (κ1) is 16.4. The summed E-state index contributed by atoms with van der Waals surface area (Å²) in [5.74, 6) is -0.0973. The predicted molar refractivity (Wildman–Crippen MR) is 98.1 cm³/mol. The summed E-state index contributed by atoms with van der Waals surface area (Å²) in [6.07, 6.45) is 4.04. The first-order chi connectivity index (χ1) is 12.0. The fraction of sp³-hybridized carbons (Fsp3) is 0.421. The number of amides is 1. The van der Waals surface area contributed by atoms with Crippen LogP contribution in [0.3, 0.4) is 0 Å². The Kier molecular flexibility index (Phi) is 3.95. The maximum Gasteiger partial charge on any atom is 0.265 e. The Morgan fingerprint density at radius 1 is 1.16 bits per heavy atom. The third-order valence-corrected chi connectivity index (χ3v) is 7.18. The first-order valence-corrected chi connectivity index (χ1v) is 10.3. The molecule has 1 atom stereocenters. The molecular weight excluding hydrogens is 336 g/mol. The molecule has 5 nitrogen and oxygen atoms in total. The van der Waals surface area contributed by atoms with E-state index in [1.165, 1.54) is 4.31 Å². The third-order valence-electron chi connectivity index (χ3n) is 5.38. The van der Waals surface area contributed by atoms with Crippen LogP contribution in [0, 0.1) is 0 Å². The van der Waals surface area contributed by atoms with Crippen molar-refractivity contribution in [3.8, 4) is 0 Å². The summed E-state index contributed by atoms with van der Waals surface area (Å²) >= 11 is 0. The van der Waals surface area contributed by atoms with Crippen molar-refractivity contribution in [2.24, 2.45) is 0 Å². The molecule has 2 aromatic carbocycles. The number of anilines is 1. The van der Waals surface area contributed by atoms with Gasteiger partial charge in [0.25, 0.3) is 10.0 Å². The average molecular weight is 358 g/mol. The Bertz CT molecular complexity index is 934. The van der Waals surface area contributed by atoms with Gasteiger partial charge in [0, 0.05) is 18.0 Å².